The number of alkyl carbamates (subject to hydrolysis) is 1. The average Bonchev–Trinajstić information content (AvgIpc) is 3.20. The molecule has 1 aliphatic rings. The summed E-state index contributed by atoms with van der Waals surface area (Å²) in [5.74, 6) is -1.66. The van der Waals surface area contributed by atoms with Crippen LogP contribution in [0, 0.1) is 0 Å². The fraction of sp³-hybridized carbons (Fsp3) is 0.333. The predicted molar refractivity (Wildman–Crippen MR) is 115 cm³/mol. The van der Waals surface area contributed by atoms with Crippen molar-refractivity contribution < 1.29 is 28.7 Å². The number of carbonyl (C=O) groups excluding carboxylic acids is 4. The first-order chi connectivity index (χ1) is 15.5. The van der Waals surface area contributed by atoms with E-state index in [-0.39, 0.29) is 38.4 Å². The summed E-state index contributed by atoms with van der Waals surface area (Å²) in [7, 11) is 0. The molecule has 1 aliphatic heterocycles. The van der Waals surface area contributed by atoms with E-state index >= 15 is 0 Å². The Labute approximate surface area is 186 Å². The van der Waals surface area contributed by atoms with E-state index in [1.54, 1.807) is 6.92 Å². The number of benzene rings is 2. The number of likely N-dealkylation sites (tertiary alicyclic amines) is 1. The number of nitrogens with zero attached hydrogens (tertiary/aromatic N) is 1. The van der Waals surface area contributed by atoms with Crippen molar-refractivity contribution in [2.45, 2.75) is 38.5 Å². The van der Waals surface area contributed by atoms with E-state index in [0.29, 0.717) is 0 Å². The summed E-state index contributed by atoms with van der Waals surface area (Å²) >= 11 is 0. The van der Waals surface area contributed by atoms with Crippen LogP contribution in [0.15, 0.2) is 60.7 Å². The number of hydrogen-bond acceptors (Lipinski definition) is 6. The average molecular weight is 438 g/mol. The Morgan fingerprint density at radius 1 is 1.00 bits per heavy atom. The maximum Gasteiger partial charge on any atom is 0.408 e. The van der Waals surface area contributed by atoms with E-state index in [0.717, 1.165) is 11.1 Å². The van der Waals surface area contributed by atoms with E-state index in [9.17, 15) is 19.2 Å². The molecule has 32 heavy (non-hydrogen) atoms. The third-order valence-electron chi connectivity index (χ3n) is 5.09. The highest BCUT2D eigenvalue weighted by atomic mass is 16.5. The van der Waals surface area contributed by atoms with Crippen LogP contribution in [0.3, 0.4) is 0 Å². The first-order valence-electron chi connectivity index (χ1n) is 10.5. The zero-order valence-corrected chi connectivity index (χ0v) is 17.9. The van der Waals surface area contributed by atoms with Gasteiger partial charge in [0.2, 0.25) is 5.91 Å². The first kappa shape index (κ1) is 23.0. The lowest BCUT2D eigenvalue weighted by Crippen LogP contribution is -2.54. The van der Waals surface area contributed by atoms with Crippen LogP contribution in [-0.4, -0.2) is 53.9 Å². The highest BCUT2D eigenvalue weighted by Crippen LogP contribution is 2.18. The van der Waals surface area contributed by atoms with Crippen LogP contribution in [0.25, 0.3) is 0 Å². The molecule has 2 atom stereocenters. The van der Waals surface area contributed by atoms with E-state index in [4.69, 9.17) is 9.47 Å². The Bertz CT molecular complexity index is 947. The van der Waals surface area contributed by atoms with Crippen molar-refractivity contribution in [1.29, 1.82) is 0 Å². The molecule has 2 aromatic rings. The van der Waals surface area contributed by atoms with E-state index in [2.05, 4.69) is 5.32 Å². The SMILES string of the molecule is CCOC(=O)[C@@H]1C(=O)CCN1C(=O)[C@H](Cc1ccccc1)NC(=O)OCc1ccccc1. The Morgan fingerprint density at radius 2 is 1.62 bits per heavy atom. The lowest BCUT2D eigenvalue weighted by atomic mass is 10.0. The molecule has 8 nitrogen and oxygen atoms in total. The van der Waals surface area contributed by atoms with Crippen LogP contribution in [0.5, 0.6) is 0 Å². The van der Waals surface area contributed by atoms with Gasteiger partial charge in [0.05, 0.1) is 6.61 Å². The molecule has 1 N–H and O–H groups in total. The summed E-state index contributed by atoms with van der Waals surface area (Å²) < 4.78 is 10.2. The van der Waals surface area contributed by atoms with E-state index in [1.807, 2.05) is 60.7 Å². The molecule has 0 spiro atoms. The summed E-state index contributed by atoms with van der Waals surface area (Å²) in [4.78, 5) is 51.5. The van der Waals surface area contributed by atoms with Crippen molar-refractivity contribution in [3.05, 3.63) is 71.8 Å². The minimum atomic E-state index is -1.29. The normalized spacial score (nSPS) is 16.3. The van der Waals surface area contributed by atoms with Crippen molar-refractivity contribution in [2.24, 2.45) is 0 Å². The fourth-order valence-corrected chi connectivity index (χ4v) is 3.54. The number of carbonyl (C=O) groups is 4. The second-order valence-electron chi connectivity index (χ2n) is 7.35. The van der Waals surface area contributed by atoms with Crippen LogP contribution in [-0.2, 0) is 36.9 Å². The maximum absolute atomic E-state index is 13.3. The van der Waals surface area contributed by atoms with Crippen LogP contribution >= 0.6 is 0 Å². The van der Waals surface area contributed by atoms with Gasteiger partial charge in [0.15, 0.2) is 11.8 Å². The van der Waals surface area contributed by atoms with Gasteiger partial charge in [0.1, 0.15) is 12.6 Å². The molecule has 0 radical (unpaired) electrons. The molecule has 1 fully saturated rings. The van der Waals surface area contributed by atoms with Crippen molar-refractivity contribution in [3.8, 4) is 0 Å². The molecule has 2 amide bonds. The van der Waals surface area contributed by atoms with Gasteiger partial charge in [-0.2, -0.15) is 0 Å². The molecule has 1 saturated heterocycles. The third-order valence-corrected chi connectivity index (χ3v) is 5.09. The molecule has 0 bridgehead atoms. The molecule has 2 aromatic carbocycles. The van der Waals surface area contributed by atoms with E-state index in [1.165, 1.54) is 4.90 Å². The first-order valence-corrected chi connectivity index (χ1v) is 10.5. The molecule has 168 valence electrons. The Kier molecular flexibility index (Phi) is 7.96. The lowest BCUT2D eigenvalue weighted by molar-refractivity contribution is -0.155. The molecule has 0 aromatic heterocycles. The van der Waals surface area contributed by atoms with Crippen molar-refractivity contribution in [3.63, 3.8) is 0 Å². The summed E-state index contributed by atoms with van der Waals surface area (Å²) in [6, 6.07) is 16.0. The van der Waals surface area contributed by atoms with Crippen LogP contribution < -0.4 is 5.32 Å². The molecule has 1 heterocycles. The van der Waals surface area contributed by atoms with Crippen LogP contribution in [0.1, 0.15) is 24.5 Å². The van der Waals surface area contributed by atoms with Gasteiger partial charge < -0.3 is 19.7 Å². The topological polar surface area (TPSA) is 102 Å². The standard InChI is InChI=1S/C24H26N2O6/c1-2-31-23(29)21-20(27)13-14-26(21)22(28)19(15-17-9-5-3-6-10-17)25-24(30)32-16-18-11-7-4-8-12-18/h3-12,19,21H,2,13-16H2,1H3,(H,25,30)/t19-,21-/m0/s1. The Balaban J connectivity index is 1.74. The molecule has 0 saturated carbocycles. The van der Waals surface area contributed by atoms with Gasteiger partial charge in [0.25, 0.3) is 0 Å². The van der Waals surface area contributed by atoms with Crippen molar-refractivity contribution in [1.82, 2.24) is 10.2 Å². The fourth-order valence-electron chi connectivity index (χ4n) is 3.54. The van der Waals surface area contributed by atoms with Crippen molar-refractivity contribution >= 4 is 23.8 Å². The zero-order chi connectivity index (χ0) is 22.9. The largest absolute Gasteiger partial charge is 0.464 e. The van der Waals surface area contributed by atoms with Gasteiger partial charge in [0, 0.05) is 19.4 Å². The number of amides is 2. The quantitative estimate of drug-likeness (QED) is 0.501. The molecule has 0 aliphatic carbocycles. The molecule has 8 heteroatoms. The van der Waals surface area contributed by atoms with Crippen LogP contribution in [0.4, 0.5) is 4.79 Å². The van der Waals surface area contributed by atoms with Gasteiger partial charge in [-0.15, -0.1) is 0 Å². The molecule has 3 rings (SSSR count). The van der Waals surface area contributed by atoms with Gasteiger partial charge in [-0.25, -0.2) is 9.59 Å². The van der Waals surface area contributed by atoms with Gasteiger partial charge in [-0.3, -0.25) is 9.59 Å². The summed E-state index contributed by atoms with van der Waals surface area (Å²) in [6.45, 7) is 1.87. The number of hydrogen-bond donors (Lipinski definition) is 1. The third kappa shape index (κ3) is 5.94. The predicted octanol–water partition coefficient (Wildman–Crippen LogP) is 2.26. The Hall–Kier alpha value is -3.68. The minimum Gasteiger partial charge on any atom is -0.464 e. The second kappa shape index (κ2) is 11.1. The maximum atomic E-state index is 13.3. The number of nitrogens with one attached hydrogen (secondary N) is 1. The second-order valence-corrected chi connectivity index (χ2v) is 7.35. The number of ether oxygens (including phenoxy) is 2. The lowest BCUT2D eigenvalue weighted by Gasteiger charge is -2.27. The van der Waals surface area contributed by atoms with E-state index < -0.39 is 30.1 Å². The smallest absolute Gasteiger partial charge is 0.408 e. The van der Waals surface area contributed by atoms with Gasteiger partial charge in [-0.05, 0) is 18.1 Å². The van der Waals surface area contributed by atoms with Crippen molar-refractivity contribution in [2.75, 3.05) is 13.2 Å². The molecular formula is C24H26N2O6. The minimum absolute atomic E-state index is 0.0482. The Morgan fingerprint density at radius 3 is 2.25 bits per heavy atom. The molecular weight excluding hydrogens is 412 g/mol. The number of Topliss-reactive ketones (excluding diaryl/α,β-unsaturated/α-hetero) is 1. The number of esters is 1. The summed E-state index contributed by atoms with van der Waals surface area (Å²) in [6.07, 6.45) is -0.521. The molecule has 0 unspecified atom stereocenters. The van der Waals surface area contributed by atoms with Crippen LogP contribution in [0.2, 0.25) is 0 Å². The number of ketones is 1. The van der Waals surface area contributed by atoms with Gasteiger partial charge >= 0.3 is 12.1 Å². The van der Waals surface area contributed by atoms with Gasteiger partial charge in [-0.1, -0.05) is 60.7 Å². The monoisotopic (exact) mass is 438 g/mol. The zero-order valence-electron chi connectivity index (χ0n) is 17.9. The summed E-state index contributed by atoms with van der Waals surface area (Å²) in [5.41, 5.74) is 1.62. The summed E-state index contributed by atoms with van der Waals surface area (Å²) in [5, 5.41) is 2.60. The number of rotatable bonds is 8. The highest BCUT2D eigenvalue weighted by Gasteiger charge is 2.44. The highest BCUT2D eigenvalue weighted by molar-refractivity contribution is 6.08.